The van der Waals surface area contributed by atoms with Crippen molar-refractivity contribution in [2.75, 3.05) is 13.1 Å². The molecule has 8 heteroatoms. The zero-order valence-corrected chi connectivity index (χ0v) is 16.4. The van der Waals surface area contributed by atoms with E-state index in [1.807, 2.05) is 19.9 Å². The number of amides is 2. The lowest BCUT2D eigenvalue weighted by Crippen LogP contribution is -2.45. The number of piperidine rings is 1. The van der Waals surface area contributed by atoms with Gasteiger partial charge in [-0.2, -0.15) is 8.78 Å². The zero-order valence-electron chi connectivity index (χ0n) is 16.4. The number of benzene rings is 1. The van der Waals surface area contributed by atoms with E-state index in [2.05, 4.69) is 10.1 Å². The average molecular weight is 406 g/mol. The molecule has 1 saturated heterocycles. The zero-order chi connectivity index (χ0) is 21.0. The maximum atomic E-state index is 12.9. The van der Waals surface area contributed by atoms with Gasteiger partial charge < -0.3 is 19.4 Å². The number of alkyl halides is 2. The average Bonchev–Trinajstić information content (AvgIpc) is 3.02. The van der Waals surface area contributed by atoms with Gasteiger partial charge in [0.2, 0.25) is 5.91 Å². The third-order valence-electron chi connectivity index (χ3n) is 5.01. The normalized spacial score (nSPS) is 16.7. The Bertz CT molecular complexity index is 881. The number of carbonyl (C=O) groups excluding carboxylic acids is 2. The van der Waals surface area contributed by atoms with Crippen molar-refractivity contribution in [3.63, 3.8) is 0 Å². The van der Waals surface area contributed by atoms with Gasteiger partial charge in [-0.3, -0.25) is 9.59 Å². The molecule has 2 amide bonds. The maximum absolute atomic E-state index is 12.9. The molecule has 1 aliphatic heterocycles. The van der Waals surface area contributed by atoms with E-state index in [0.717, 1.165) is 17.1 Å². The van der Waals surface area contributed by atoms with E-state index in [1.54, 1.807) is 6.07 Å². The van der Waals surface area contributed by atoms with Gasteiger partial charge in [-0.25, -0.2) is 0 Å². The van der Waals surface area contributed by atoms with Crippen molar-refractivity contribution in [2.45, 2.75) is 39.8 Å². The van der Waals surface area contributed by atoms with Gasteiger partial charge in [0, 0.05) is 25.2 Å². The fourth-order valence-electron chi connectivity index (χ4n) is 3.57. The van der Waals surface area contributed by atoms with Gasteiger partial charge in [0.05, 0.1) is 11.5 Å². The van der Waals surface area contributed by atoms with Crippen LogP contribution in [0.4, 0.5) is 8.78 Å². The number of furan rings is 1. The van der Waals surface area contributed by atoms with Crippen LogP contribution in [0.5, 0.6) is 5.75 Å². The highest BCUT2D eigenvalue weighted by Gasteiger charge is 2.30. The van der Waals surface area contributed by atoms with Crippen molar-refractivity contribution < 1.29 is 27.5 Å². The van der Waals surface area contributed by atoms with E-state index in [1.165, 1.54) is 23.1 Å². The number of nitrogens with zero attached hydrogens (tertiary/aromatic N) is 1. The van der Waals surface area contributed by atoms with Crippen molar-refractivity contribution >= 4 is 11.8 Å². The minimum atomic E-state index is -3.01. The number of likely N-dealkylation sites (tertiary alicyclic amines) is 1. The van der Waals surface area contributed by atoms with Gasteiger partial charge in [-0.15, -0.1) is 0 Å². The molecule has 156 valence electrons. The molecule has 1 fully saturated rings. The summed E-state index contributed by atoms with van der Waals surface area (Å²) in [6.07, 6.45) is 1.32. The smallest absolute Gasteiger partial charge is 0.387 e. The number of rotatable bonds is 6. The quantitative estimate of drug-likeness (QED) is 0.795. The summed E-state index contributed by atoms with van der Waals surface area (Å²) in [4.78, 5) is 27.0. The minimum absolute atomic E-state index is 0.0679. The predicted molar refractivity (Wildman–Crippen MR) is 102 cm³/mol. The van der Waals surface area contributed by atoms with Crippen LogP contribution in [0, 0.1) is 19.8 Å². The van der Waals surface area contributed by atoms with Crippen molar-refractivity contribution in [1.82, 2.24) is 10.2 Å². The first kappa shape index (κ1) is 20.8. The number of carbonyl (C=O) groups is 2. The second-order valence-electron chi connectivity index (χ2n) is 7.12. The third kappa shape index (κ3) is 5.13. The molecule has 0 saturated carbocycles. The monoisotopic (exact) mass is 406 g/mol. The van der Waals surface area contributed by atoms with Crippen LogP contribution in [-0.2, 0) is 11.3 Å². The molecule has 2 aromatic rings. The molecule has 29 heavy (non-hydrogen) atoms. The maximum Gasteiger partial charge on any atom is 0.387 e. The Balaban J connectivity index is 1.63. The molecule has 1 atom stereocenters. The number of hydrogen-bond donors (Lipinski definition) is 1. The molecule has 0 radical (unpaired) electrons. The first-order valence-electron chi connectivity index (χ1n) is 9.52. The molecule has 1 aromatic heterocycles. The highest BCUT2D eigenvalue weighted by atomic mass is 19.3. The number of hydrogen-bond acceptors (Lipinski definition) is 4. The Morgan fingerprint density at radius 1 is 1.31 bits per heavy atom. The number of para-hydroxylation sites is 1. The number of nitrogens with one attached hydrogen (secondary N) is 1. The molecule has 1 aromatic carbocycles. The van der Waals surface area contributed by atoms with Crippen molar-refractivity contribution in [3.05, 3.63) is 53.0 Å². The Hall–Kier alpha value is -2.90. The first-order chi connectivity index (χ1) is 13.8. The van der Waals surface area contributed by atoms with Crippen LogP contribution in [0.1, 0.15) is 40.3 Å². The van der Waals surface area contributed by atoms with Gasteiger partial charge >= 0.3 is 6.61 Å². The van der Waals surface area contributed by atoms with E-state index in [-0.39, 0.29) is 29.7 Å². The topological polar surface area (TPSA) is 71.8 Å². The summed E-state index contributed by atoms with van der Waals surface area (Å²) in [7, 11) is 0. The van der Waals surface area contributed by atoms with E-state index in [9.17, 15) is 18.4 Å². The third-order valence-corrected chi connectivity index (χ3v) is 5.01. The Kier molecular flexibility index (Phi) is 6.51. The summed E-state index contributed by atoms with van der Waals surface area (Å²) in [6.45, 7) is 1.73. The molecule has 1 unspecified atom stereocenters. The fraction of sp³-hybridized carbons (Fsp3) is 0.429. The lowest BCUT2D eigenvalue weighted by molar-refractivity contribution is -0.126. The van der Waals surface area contributed by atoms with Crippen LogP contribution >= 0.6 is 0 Å². The van der Waals surface area contributed by atoms with Crippen LogP contribution in [0.25, 0.3) is 0 Å². The largest absolute Gasteiger partial charge is 0.466 e. The Morgan fingerprint density at radius 3 is 2.76 bits per heavy atom. The van der Waals surface area contributed by atoms with E-state index >= 15 is 0 Å². The van der Waals surface area contributed by atoms with Crippen molar-refractivity contribution in [2.24, 2.45) is 5.92 Å². The van der Waals surface area contributed by atoms with Gasteiger partial charge in [0.15, 0.2) is 0 Å². The van der Waals surface area contributed by atoms with Crippen LogP contribution in [0.2, 0.25) is 0 Å². The lowest BCUT2D eigenvalue weighted by atomic mass is 9.96. The molecule has 6 nitrogen and oxygen atoms in total. The molecule has 0 bridgehead atoms. The Labute approximate surface area is 167 Å². The predicted octanol–water partition coefficient (Wildman–Crippen LogP) is 3.67. The number of aryl methyl sites for hydroxylation is 2. The lowest BCUT2D eigenvalue weighted by Gasteiger charge is -2.32. The fourth-order valence-corrected chi connectivity index (χ4v) is 3.57. The molecule has 2 heterocycles. The minimum Gasteiger partial charge on any atom is -0.466 e. The molecular weight excluding hydrogens is 382 g/mol. The summed E-state index contributed by atoms with van der Waals surface area (Å²) in [5.74, 6) is 0.469. The SMILES string of the molecule is Cc1cc(CNC(=O)C2CCCN(C(=O)c3ccccc3OC(F)F)C2)c(C)o1. The van der Waals surface area contributed by atoms with Gasteiger partial charge in [-0.05, 0) is 44.9 Å². The molecule has 3 rings (SSSR count). The summed E-state index contributed by atoms with van der Waals surface area (Å²) < 4.78 is 35.2. The summed E-state index contributed by atoms with van der Waals surface area (Å²) in [5.41, 5.74) is 0.982. The number of halogens is 2. The highest BCUT2D eigenvalue weighted by molar-refractivity contribution is 5.97. The van der Waals surface area contributed by atoms with Gasteiger partial charge in [-0.1, -0.05) is 12.1 Å². The van der Waals surface area contributed by atoms with E-state index < -0.39 is 12.5 Å². The molecule has 0 aliphatic carbocycles. The molecule has 1 N–H and O–H groups in total. The van der Waals surface area contributed by atoms with Crippen LogP contribution in [0.15, 0.2) is 34.7 Å². The Morgan fingerprint density at radius 2 is 2.07 bits per heavy atom. The van der Waals surface area contributed by atoms with Crippen molar-refractivity contribution in [1.29, 1.82) is 0 Å². The molecular formula is C21H24F2N2O4. The summed E-state index contributed by atoms with van der Waals surface area (Å²) in [5, 5.41) is 2.90. The van der Waals surface area contributed by atoms with Crippen LogP contribution in [0.3, 0.4) is 0 Å². The van der Waals surface area contributed by atoms with E-state index in [0.29, 0.717) is 25.9 Å². The second-order valence-corrected chi connectivity index (χ2v) is 7.12. The molecule has 1 aliphatic rings. The van der Waals surface area contributed by atoms with Crippen LogP contribution in [-0.4, -0.2) is 36.4 Å². The van der Waals surface area contributed by atoms with Crippen molar-refractivity contribution in [3.8, 4) is 5.75 Å². The summed E-state index contributed by atoms with van der Waals surface area (Å²) >= 11 is 0. The number of ether oxygens (including phenoxy) is 1. The molecule has 0 spiro atoms. The van der Waals surface area contributed by atoms with Gasteiger partial charge in [0.1, 0.15) is 17.3 Å². The highest BCUT2D eigenvalue weighted by Crippen LogP contribution is 2.25. The first-order valence-corrected chi connectivity index (χ1v) is 9.52. The van der Waals surface area contributed by atoms with Crippen LogP contribution < -0.4 is 10.1 Å². The second kappa shape index (κ2) is 9.07. The van der Waals surface area contributed by atoms with Gasteiger partial charge in [0.25, 0.3) is 5.91 Å². The summed E-state index contributed by atoms with van der Waals surface area (Å²) in [6, 6.07) is 7.79. The standard InChI is InChI=1S/C21H24F2N2O4/c1-13-10-16(14(2)28-13)11-24-19(26)15-6-5-9-25(12-15)20(27)17-7-3-4-8-18(17)29-21(22)23/h3-4,7-8,10,15,21H,5-6,9,11-12H2,1-2H3,(H,24,26). The van der Waals surface area contributed by atoms with E-state index in [4.69, 9.17) is 4.42 Å².